The second-order valence-corrected chi connectivity index (χ2v) is 6.14. The fourth-order valence-corrected chi connectivity index (χ4v) is 2.88. The summed E-state index contributed by atoms with van der Waals surface area (Å²) >= 11 is 0. The zero-order chi connectivity index (χ0) is 16.8. The fraction of sp³-hybridized carbons (Fsp3) is 0.562. The van der Waals surface area contributed by atoms with Crippen LogP contribution in [0.2, 0.25) is 0 Å². The van der Waals surface area contributed by atoms with Crippen LogP contribution in [0.1, 0.15) is 24.8 Å². The van der Waals surface area contributed by atoms with Crippen LogP contribution in [0.15, 0.2) is 18.3 Å². The van der Waals surface area contributed by atoms with Gasteiger partial charge in [-0.1, -0.05) is 6.07 Å². The predicted molar refractivity (Wildman–Crippen MR) is 88.9 cm³/mol. The van der Waals surface area contributed by atoms with Crippen LogP contribution < -0.4 is 16.0 Å². The number of urea groups is 1. The van der Waals surface area contributed by atoms with Crippen LogP contribution in [0.5, 0.6) is 0 Å². The molecule has 0 unspecified atom stereocenters. The molecule has 7 nitrogen and oxygen atoms in total. The summed E-state index contributed by atoms with van der Waals surface area (Å²) in [5.41, 5.74) is 6.21. The Balaban J connectivity index is 1.83. The van der Waals surface area contributed by atoms with E-state index >= 15 is 0 Å². The molecule has 3 N–H and O–H groups in total. The highest BCUT2D eigenvalue weighted by atomic mass is 16.2. The molecule has 0 aliphatic carbocycles. The van der Waals surface area contributed by atoms with Gasteiger partial charge in [0.2, 0.25) is 5.91 Å². The molecule has 0 bridgehead atoms. The second-order valence-electron chi connectivity index (χ2n) is 6.14. The van der Waals surface area contributed by atoms with Crippen molar-refractivity contribution in [2.45, 2.75) is 25.8 Å². The number of aromatic nitrogens is 1. The maximum absolute atomic E-state index is 12.3. The monoisotopic (exact) mass is 319 g/mol. The zero-order valence-corrected chi connectivity index (χ0v) is 13.8. The molecule has 0 aromatic carbocycles. The molecule has 2 heterocycles. The second kappa shape index (κ2) is 7.80. The average molecular weight is 319 g/mol. The molecule has 1 fully saturated rings. The van der Waals surface area contributed by atoms with Gasteiger partial charge in [0.15, 0.2) is 0 Å². The summed E-state index contributed by atoms with van der Waals surface area (Å²) in [6.07, 6.45) is 3.81. The number of likely N-dealkylation sites (tertiary alicyclic amines) is 1. The molecule has 1 aromatic heterocycles. The largest absolute Gasteiger partial charge is 0.370 e. The molecule has 1 aliphatic heterocycles. The molecule has 0 radical (unpaired) electrons. The normalized spacial score (nSPS) is 15.3. The van der Waals surface area contributed by atoms with Crippen molar-refractivity contribution >= 4 is 17.8 Å². The molecule has 0 spiro atoms. The van der Waals surface area contributed by atoms with E-state index in [1.54, 1.807) is 11.1 Å². The number of nitrogens with zero attached hydrogens (tertiary/aromatic N) is 3. The van der Waals surface area contributed by atoms with E-state index in [4.69, 9.17) is 5.73 Å². The van der Waals surface area contributed by atoms with Gasteiger partial charge in [0.25, 0.3) is 0 Å². The van der Waals surface area contributed by atoms with E-state index < -0.39 is 0 Å². The summed E-state index contributed by atoms with van der Waals surface area (Å²) in [7, 11) is 3.86. The lowest BCUT2D eigenvalue weighted by Gasteiger charge is -2.31. The molecule has 0 saturated carbocycles. The summed E-state index contributed by atoms with van der Waals surface area (Å²) < 4.78 is 0. The molecule has 126 valence electrons. The van der Waals surface area contributed by atoms with Crippen molar-refractivity contribution < 1.29 is 9.59 Å². The SMILES string of the molecule is CN(C)c1ncccc1CNC(=O)N1CCC(CC(N)=O)CC1. The highest BCUT2D eigenvalue weighted by Crippen LogP contribution is 2.20. The van der Waals surface area contributed by atoms with Crippen molar-refractivity contribution in [2.24, 2.45) is 11.7 Å². The first-order chi connectivity index (χ1) is 11.0. The lowest BCUT2D eigenvalue weighted by Crippen LogP contribution is -2.44. The molecule has 23 heavy (non-hydrogen) atoms. The maximum Gasteiger partial charge on any atom is 0.317 e. The number of amides is 3. The number of pyridine rings is 1. The number of anilines is 1. The van der Waals surface area contributed by atoms with Gasteiger partial charge >= 0.3 is 6.03 Å². The molecule has 1 saturated heterocycles. The van der Waals surface area contributed by atoms with E-state index in [0.29, 0.717) is 32.0 Å². The summed E-state index contributed by atoms with van der Waals surface area (Å²) in [5.74, 6) is 0.892. The highest BCUT2D eigenvalue weighted by Gasteiger charge is 2.23. The van der Waals surface area contributed by atoms with Gasteiger partial charge in [0.05, 0.1) is 0 Å². The minimum atomic E-state index is -0.263. The number of carbonyl (C=O) groups excluding carboxylic acids is 2. The zero-order valence-electron chi connectivity index (χ0n) is 13.8. The number of primary amides is 1. The Morgan fingerprint density at radius 2 is 2.09 bits per heavy atom. The van der Waals surface area contributed by atoms with Crippen molar-refractivity contribution in [3.63, 3.8) is 0 Å². The Hall–Kier alpha value is -2.31. The van der Waals surface area contributed by atoms with Crippen molar-refractivity contribution in [1.82, 2.24) is 15.2 Å². The van der Waals surface area contributed by atoms with E-state index in [0.717, 1.165) is 24.2 Å². The van der Waals surface area contributed by atoms with Gasteiger partial charge in [-0.15, -0.1) is 0 Å². The summed E-state index contributed by atoms with van der Waals surface area (Å²) in [6, 6.07) is 3.75. The standard InChI is InChI=1S/C16H25N5O2/c1-20(2)15-13(4-3-7-18-15)11-19-16(23)21-8-5-12(6-9-21)10-14(17)22/h3-4,7,12H,5-6,8-11H2,1-2H3,(H2,17,22)(H,19,23). The van der Waals surface area contributed by atoms with Gasteiger partial charge in [-0.3, -0.25) is 4.79 Å². The number of piperidine rings is 1. The van der Waals surface area contributed by atoms with E-state index in [1.165, 1.54) is 0 Å². The molecule has 7 heteroatoms. The van der Waals surface area contributed by atoms with Gasteiger partial charge in [0, 0.05) is 51.9 Å². The van der Waals surface area contributed by atoms with E-state index in [2.05, 4.69) is 10.3 Å². The van der Waals surface area contributed by atoms with E-state index in [-0.39, 0.29) is 11.9 Å². The van der Waals surface area contributed by atoms with Crippen LogP contribution in [-0.2, 0) is 11.3 Å². The van der Waals surface area contributed by atoms with Crippen LogP contribution in [0.3, 0.4) is 0 Å². The fourth-order valence-electron chi connectivity index (χ4n) is 2.88. The van der Waals surface area contributed by atoms with E-state index in [9.17, 15) is 9.59 Å². The average Bonchev–Trinajstić information content (AvgIpc) is 2.53. The Morgan fingerprint density at radius 3 is 2.70 bits per heavy atom. The maximum atomic E-state index is 12.3. The number of nitrogens with two attached hydrogens (primary N) is 1. The smallest absolute Gasteiger partial charge is 0.317 e. The van der Waals surface area contributed by atoms with Crippen molar-refractivity contribution in [1.29, 1.82) is 0 Å². The minimum Gasteiger partial charge on any atom is -0.370 e. The van der Waals surface area contributed by atoms with Crippen LogP contribution in [-0.4, -0.2) is 49.0 Å². The third kappa shape index (κ3) is 4.84. The summed E-state index contributed by atoms with van der Waals surface area (Å²) in [6.45, 7) is 1.77. The number of hydrogen-bond acceptors (Lipinski definition) is 4. The first-order valence-corrected chi connectivity index (χ1v) is 7.89. The first-order valence-electron chi connectivity index (χ1n) is 7.89. The van der Waals surface area contributed by atoms with Gasteiger partial charge in [0.1, 0.15) is 5.82 Å². The third-order valence-electron chi connectivity index (χ3n) is 4.11. The number of rotatable bonds is 5. The molecular formula is C16H25N5O2. The lowest BCUT2D eigenvalue weighted by molar-refractivity contribution is -0.119. The Kier molecular flexibility index (Phi) is 5.78. The van der Waals surface area contributed by atoms with Crippen molar-refractivity contribution in [3.8, 4) is 0 Å². The van der Waals surface area contributed by atoms with Gasteiger partial charge in [-0.25, -0.2) is 9.78 Å². The summed E-state index contributed by atoms with van der Waals surface area (Å²) in [5, 5.41) is 2.95. The Labute approximate surface area is 136 Å². The highest BCUT2D eigenvalue weighted by molar-refractivity contribution is 5.75. The lowest BCUT2D eigenvalue weighted by atomic mass is 9.93. The minimum absolute atomic E-state index is 0.0731. The van der Waals surface area contributed by atoms with Crippen LogP contribution in [0, 0.1) is 5.92 Å². The van der Waals surface area contributed by atoms with Crippen molar-refractivity contribution in [2.75, 3.05) is 32.1 Å². The molecule has 2 rings (SSSR count). The van der Waals surface area contributed by atoms with Gasteiger partial charge in [-0.2, -0.15) is 0 Å². The molecule has 1 aliphatic rings. The van der Waals surface area contributed by atoms with Crippen molar-refractivity contribution in [3.05, 3.63) is 23.9 Å². The molecular weight excluding hydrogens is 294 g/mol. The molecule has 3 amide bonds. The topological polar surface area (TPSA) is 91.6 Å². The van der Waals surface area contributed by atoms with Crippen LogP contribution >= 0.6 is 0 Å². The Morgan fingerprint density at radius 1 is 1.39 bits per heavy atom. The summed E-state index contributed by atoms with van der Waals surface area (Å²) in [4.78, 5) is 31.3. The van der Waals surface area contributed by atoms with Crippen LogP contribution in [0.25, 0.3) is 0 Å². The van der Waals surface area contributed by atoms with Gasteiger partial charge < -0.3 is 20.9 Å². The predicted octanol–water partition coefficient (Wildman–Crippen LogP) is 0.945. The van der Waals surface area contributed by atoms with Gasteiger partial charge in [-0.05, 0) is 24.8 Å². The Bertz CT molecular complexity index is 553. The first kappa shape index (κ1) is 17.1. The number of carbonyl (C=O) groups is 2. The van der Waals surface area contributed by atoms with Crippen LogP contribution in [0.4, 0.5) is 10.6 Å². The quantitative estimate of drug-likeness (QED) is 0.845. The molecule has 0 atom stereocenters. The number of nitrogens with one attached hydrogen (secondary N) is 1. The third-order valence-corrected chi connectivity index (χ3v) is 4.11. The number of hydrogen-bond donors (Lipinski definition) is 2. The van der Waals surface area contributed by atoms with E-state index in [1.807, 2.05) is 31.1 Å². The molecule has 1 aromatic rings.